The van der Waals surface area contributed by atoms with E-state index in [4.69, 9.17) is 0 Å². The third-order valence-electron chi connectivity index (χ3n) is 4.75. The van der Waals surface area contributed by atoms with Gasteiger partial charge >= 0.3 is 0 Å². The maximum absolute atomic E-state index is 12.5. The van der Waals surface area contributed by atoms with Crippen LogP contribution in [0.25, 0.3) is 0 Å². The Morgan fingerprint density at radius 3 is 2.48 bits per heavy atom. The highest BCUT2D eigenvalue weighted by atomic mass is 32.2. The Kier molecular flexibility index (Phi) is 4.00. The minimum atomic E-state index is -3.48. The molecule has 0 saturated carbocycles. The van der Waals surface area contributed by atoms with Gasteiger partial charge in [-0.05, 0) is 48.1 Å². The Balaban J connectivity index is 1.63. The summed E-state index contributed by atoms with van der Waals surface area (Å²) in [4.78, 5) is 14.0. The van der Waals surface area contributed by atoms with Gasteiger partial charge in [0.15, 0.2) is 0 Å². The van der Waals surface area contributed by atoms with Crippen LogP contribution in [0.5, 0.6) is 0 Å². The van der Waals surface area contributed by atoms with Crippen LogP contribution in [-0.4, -0.2) is 20.9 Å². The van der Waals surface area contributed by atoms with E-state index < -0.39 is 10.0 Å². The van der Waals surface area contributed by atoms with Crippen molar-refractivity contribution < 1.29 is 13.2 Å². The number of carbonyl (C=O) groups is 1. The van der Waals surface area contributed by atoms with Crippen molar-refractivity contribution in [2.45, 2.75) is 31.4 Å². The minimum absolute atomic E-state index is 0.0507. The molecular formula is C19H20N2O3S. The standard InChI is InChI=1S/C19H20N2O3S/c22-18-9-8-16-12-17(11-15-7-4-10-21(18)19(15)16)20-25(23,24)13-14-5-2-1-3-6-14/h1-3,5-6,11-12,20H,4,7-10,13H2. The van der Waals surface area contributed by atoms with Crippen LogP contribution in [0.4, 0.5) is 11.4 Å². The van der Waals surface area contributed by atoms with Gasteiger partial charge in [-0.25, -0.2) is 8.42 Å². The Morgan fingerprint density at radius 2 is 1.72 bits per heavy atom. The Labute approximate surface area is 147 Å². The fourth-order valence-electron chi connectivity index (χ4n) is 3.72. The van der Waals surface area contributed by atoms with Gasteiger partial charge in [-0.1, -0.05) is 30.3 Å². The Bertz CT molecular complexity index is 906. The zero-order valence-electron chi connectivity index (χ0n) is 13.9. The average molecular weight is 356 g/mol. The number of aryl methyl sites for hydroxylation is 2. The summed E-state index contributed by atoms with van der Waals surface area (Å²) in [6.07, 6.45) is 2.96. The lowest BCUT2D eigenvalue weighted by molar-refractivity contribution is -0.119. The van der Waals surface area contributed by atoms with Gasteiger partial charge in [0, 0.05) is 18.7 Å². The van der Waals surface area contributed by atoms with E-state index in [2.05, 4.69) is 4.72 Å². The number of hydrogen-bond acceptors (Lipinski definition) is 3. The van der Waals surface area contributed by atoms with Crippen molar-refractivity contribution in [3.63, 3.8) is 0 Å². The van der Waals surface area contributed by atoms with Crippen molar-refractivity contribution in [1.82, 2.24) is 0 Å². The minimum Gasteiger partial charge on any atom is -0.312 e. The molecule has 1 N–H and O–H groups in total. The van der Waals surface area contributed by atoms with Crippen LogP contribution in [0.3, 0.4) is 0 Å². The fourth-order valence-corrected chi connectivity index (χ4v) is 4.90. The lowest BCUT2D eigenvalue weighted by Gasteiger charge is -2.35. The summed E-state index contributed by atoms with van der Waals surface area (Å²) >= 11 is 0. The summed E-state index contributed by atoms with van der Waals surface area (Å²) in [5, 5.41) is 0. The number of sulfonamides is 1. The summed E-state index contributed by atoms with van der Waals surface area (Å²) in [5.41, 5.74) is 4.49. The van der Waals surface area contributed by atoms with E-state index in [-0.39, 0.29) is 11.7 Å². The molecule has 0 fully saturated rings. The second-order valence-corrected chi connectivity index (χ2v) is 8.36. The summed E-state index contributed by atoms with van der Waals surface area (Å²) in [6.45, 7) is 0.762. The van der Waals surface area contributed by atoms with Crippen LogP contribution in [-0.2, 0) is 33.4 Å². The van der Waals surface area contributed by atoms with E-state index >= 15 is 0 Å². The zero-order chi connectivity index (χ0) is 17.4. The number of anilines is 2. The highest BCUT2D eigenvalue weighted by Gasteiger charge is 2.30. The number of rotatable bonds is 4. The first-order valence-corrected chi connectivity index (χ1v) is 10.2. The number of carbonyl (C=O) groups excluding carboxylic acids is 1. The van der Waals surface area contributed by atoms with Crippen LogP contribution in [0.2, 0.25) is 0 Å². The largest absolute Gasteiger partial charge is 0.312 e. The highest BCUT2D eigenvalue weighted by Crippen LogP contribution is 2.38. The molecule has 0 aromatic heterocycles. The molecule has 2 aliphatic rings. The molecule has 0 saturated heterocycles. The first-order valence-electron chi connectivity index (χ1n) is 8.52. The summed E-state index contributed by atoms with van der Waals surface area (Å²) in [6, 6.07) is 12.9. The highest BCUT2D eigenvalue weighted by molar-refractivity contribution is 7.91. The van der Waals surface area contributed by atoms with Crippen molar-refractivity contribution in [3.8, 4) is 0 Å². The first-order chi connectivity index (χ1) is 12.0. The van der Waals surface area contributed by atoms with Crippen LogP contribution < -0.4 is 9.62 Å². The third-order valence-corrected chi connectivity index (χ3v) is 6.01. The van der Waals surface area contributed by atoms with Crippen LogP contribution in [0, 0.1) is 0 Å². The zero-order valence-corrected chi connectivity index (χ0v) is 14.7. The lowest BCUT2D eigenvalue weighted by atomic mass is 9.91. The molecule has 0 radical (unpaired) electrons. The molecular weight excluding hydrogens is 336 g/mol. The predicted molar refractivity (Wildman–Crippen MR) is 98.1 cm³/mol. The van der Waals surface area contributed by atoms with Gasteiger partial charge in [0.25, 0.3) is 0 Å². The Morgan fingerprint density at radius 1 is 1.00 bits per heavy atom. The molecule has 0 unspecified atom stereocenters. The molecule has 25 heavy (non-hydrogen) atoms. The summed E-state index contributed by atoms with van der Waals surface area (Å²) in [5.74, 6) is 0.121. The van der Waals surface area contributed by atoms with Gasteiger partial charge < -0.3 is 4.90 Å². The molecule has 1 amide bonds. The molecule has 2 aliphatic heterocycles. The van der Waals surface area contributed by atoms with E-state index in [0.29, 0.717) is 18.5 Å². The maximum atomic E-state index is 12.5. The first kappa shape index (κ1) is 16.1. The van der Waals surface area contributed by atoms with E-state index in [0.717, 1.165) is 41.8 Å². The number of benzene rings is 2. The molecule has 6 heteroatoms. The number of hydrogen-bond donors (Lipinski definition) is 1. The van der Waals surface area contributed by atoms with Gasteiger partial charge in [-0.15, -0.1) is 0 Å². The van der Waals surface area contributed by atoms with Crippen LogP contribution in [0.1, 0.15) is 29.5 Å². The quantitative estimate of drug-likeness (QED) is 0.916. The molecule has 5 nitrogen and oxygen atoms in total. The van der Waals surface area contributed by atoms with Crippen molar-refractivity contribution in [3.05, 3.63) is 59.2 Å². The normalized spacial score (nSPS) is 16.5. The van der Waals surface area contributed by atoms with Crippen molar-refractivity contribution in [2.24, 2.45) is 0 Å². The second kappa shape index (κ2) is 6.19. The Hall–Kier alpha value is -2.34. The number of nitrogens with zero attached hydrogens (tertiary/aromatic N) is 1. The average Bonchev–Trinajstić information content (AvgIpc) is 2.58. The van der Waals surface area contributed by atoms with E-state index in [1.807, 2.05) is 35.2 Å². The topological polar surface area (TPSA) is 66.5 Å². The molecule has 130 valence electrons. The van der Waals surface area contributed by atoms with Crippen molar-refractivity contribution >= 4 is 27.3 Å². The van der Waals surface area contributed by atoms with Gasteiger partial charge in [0.2, 0.25) is 15.9 Å². The van der Waals surface area contributed by atoms with E-state index in [1.165, 1.54) is 0 Å². The third kappa shape index (κ3) is 3.26. The van der Waals surface area contributed by atoms with Crippen LogP contribution in [0.15, 0.2) is 42.5 Å². The van der Waals surface area contributed by atoms with Gasteiger partial charge in [-0.2, -0.15) is 0 Å². The molecule has 2 heterocycles. The smallest absolute Gasteiger partial charge is 0.236 e. The van der Waals surface area contributed by atoms with Gasteiger partial charge in [0.05, 0.1) is 11.4 Å². The SMILES string of the molecule is O=C1CCc2cc(NS(=O)(=O)Cc3ccccc3)cc3c2N1CCC3. The summed E-state index contributed by atoms with van der Waals surface area (Å²) < 4.78 is 27.7. The van der Waals surface area contributed by atoms with Gasteiger partial charge in [0.1, 0.15) is 0 Å². The molecule has 0 aliphatic carbocycles. The molecule has 0 bridgehead atoms. The molecule has 0 atom stereocenters. The fraction of sp³-hybridized carbons (Fsp3) is 0.316. The molecule has 2 aromatic rings. The predicted octanol–water partition coefficient (Wildman–Crippen LogP) is 2.85. The maximum Gasteiger partial charge on any atom is 0.236 e. The number of nitrogens with one attached hydrogen (secondary N) is 1. The monoisotopic (exact) mass is 356 g/mol. The molecule has 4 rings (SSSR count). The van der Waals surface area contributed by atoms with E-state index in [1.54, 1.807) is 12.1 Å². The molecule has 0 spiro atoms. The van der Waals surface area contributed by atoms with Gasteiger partial charge in [-0.3, -0.25) is 9.52 Å². The van der Waals surface area contributed by atoms with Crippen LogP contribution >= 0.6 is 0 Å². The second-order valence-electron chi connectivity index (χ2n) is 6.64. The lowest BCUT2D eigenvalue weighted by Crippen LogP contribution is -2.39. The van der Waals surface area contributed by atoms with Crippen molar-refractivity contribution in [2.75, 3.05) is 16.2 Å². The van der Waals surface area contributed by atoms with Crippen molar-refractivity contribution in [1.29, 1.82) is 0 Å². The molecule has 2 aromatic carbocycles. The number of amides is 1. The van der Waals surface area contributed by atoms with E-state index in [9.17, 15) is 13.2 Å². The summed E-state index contributed by atoms with van der Waals surface area (Å²) in [7, 11) is -3.48.